The number of carbonyl (C=O) groups excluding carboxylic acids is 2. The van der Waals surface area contributed by atoms with Crippen LogP contribution in [0.15, 0.2) is 24.3 Å². The molecular weight excluding hydrogens is 264 g/mol. The van der Waals surface area contributed by atoms with Crippen LogP contribution in [0.25, 0.3) is 0 Å². The first kappa shape index (κ1) is 14.1. The van der Waals surface area contributed by atoms with Gasteiger partial charge in [-0.1, -0.05) is 24.3 Å². The first-order valence-electron chi connectivity index (χ1n) is 7.86. The van der Waals surface area contributed by atoms with Crippen LogP contribution in [0.2, 0.25) is 0 Å². The van der Waals surface area contributed by atoms with E-state index in [0.717, 1.165) is 38.8 Å². The Hall–Kier alpha value is -1.84. The van der Waals surface area contributed by atoms with Crippen molar-refractivity contribution in [2.45, 2.75) is 38.0 Å². The van der Waals surface area contributed by atoms with Gasteiger partial charge in [0, 0.05) is 19.5 Å². The van der Waals surface area contributed by atoms with E-state index >= 15 is 0 Å². The van der Waals surface area contributed by atoms with E-state index in [2.05, 4.69) is 23.5 Å². The smallest absolute Gasteiger partial charge is 0.241 e. The molecular formula is C17H22N2O2. The number of fused-ring (bicyclic) bond motifs is 1. The highest BCUT2D eigenvalue weighted by Crippen LogP contribution is 2.34. The number of hydrogen-bond acceptors (Lipinski definition) is 2. The summed E-state index contributed by atoms with van der Waals surface area (Å²) in [5.74, 6) is 0.347. The summed E-state index contributed by atoms with van der Waals surface area (Å²) < 4.78 is 0. The summed E-state index contributed by atoms with van der Waals surface area (Å²) in [6.07, 6.45) is 4.75. The fourth-order valence-electron chi connectivity index (χ4n) is 3.41. The predicted molar refractivity (Wildman–Crippen MR) is 80.9 cm³/mol. The van der Waals surface area contributed by atoms with E-state index in [1.807, 2.05) is 11.0 Å². The number of hydrogen-bond donors (Lipinski definition) is 1. The van der Waals surface area contributed by atoms with Gasteiger partial charge >= 0.3 is 0 Å². The molecule has 4 heteroatoms. The van der Waals surface area contributed by atoms with Crippen molar-refractivity contribution in [1.29, 1.82) is 0 Å². The fraction of sp³-hybridized carbons (Fsp3) is 0.529. The normalized spacial score (nSPS) is 20.4. The molecule has 0 saturated carbocycles. The predicted octanol–water partition coefficient (Wildman–Crippen LogP) is 1.85. The molecule has 2 amide bonds. The Labute approximate surface area is 125 Å². The Balaban J connectivity index is 1.48. The molecule has 1 aliphatic heterocycles. The topological polar surface area (TPSA) is 49.4 Å². The Bertz CT molecular complexity index is 535. The maximum Gasteiger partial charge on any atom is 0.241 e. The van der Waals surface area contributed by atoms with Crippen molar-refractivity contribution in [3.8, 4) is 0 Å². The maximum atomic E-state index is 12.0. The third-order valence-corrected chi connectivity index (χ3v) is 4.58. The number of benzene rings is 1. The summed E-state index contributed by atoms with van der Waals surface area (Å²) in [5, 5.41) is 2.79. The monoisotopic (exact) mass is 286 g/mol. The lowest BCUT2D eigenvalue weighted by atomic mass is 9.97. The van der Waals surface area contributed by atoms with Gasteiger partial charge in [-0.25, -0.2) is 0 Å². The molecule has 1 heterocycles. The van der Waals surface area contributed by atoms with E-state index in [9.17, 15) is 9.59 Å². The molecule has 2 aliphatic rings. The second-order valence-corrected chi connectivity index (χ2v) is 6.00. The quantitative estimate of drug-likeness (QED) is 0.918. The van der Waals surface area contributed by atoms with Gasteiger partial charge < -0.3 is 10.2 Å². The van der Waals surface area contributed by atoms with Crippen molar-refractivity contribution in [2.75, 3.05) is 19.6 Å². The average Bonchev–Trinajstić information content (AvgIpc) is 3.15. The highest BCUT2D eigenvalue weighted by Gasteiger charge is 2.24. The summed E-state index contributed by atoms with van der Waals surface area (Å²) in [6.45, 7) is 1.82. The zero-order valence-corrected chi connectivity index (χ0v) is 12.3. The van der Waals surface area contributed by atoms with Gasteiger partial charge in [-0.2, -0.15) is 0 Å². The van der Waals surface area contributed by atoms with Gasteiger partial charge in [0.25, 0.3) is 0 Å². The first-order valence-corrected chi connectivity index (χ1v) is 7.86. The van der Waals surface area contributed by atoms with Crippen LogP contribution in [-0.4, -0.2) is 36.3 Å². The van der Waals surface area contributed by atoms with Gasteiger partial charge in [0.05, 0.1) is 6.54 Å². The van der Waals surface area contributed by atoms with E-state index in [0.29, 0.717) is 12.3 Å². The molecule has 0 radical (unpaired) electrons. The second kappa shape index (κ2) is 6.29. The standard InChI is InChI=1S/C17H22N2O2/c20-16(18-12-17(21)19-9-3-4-10-19)11-14-8-7-13-5-1-2-6-15(13)14/h1-2,5-6,14H,3-4,7-12H2,(H,18,20)/t14-/m1/s1. The summed E-state index contributed by atoms with van der Waals surface area (Å²) in [6, 6.07) is 8.35. The van der Waals surface area contributed by atoms with E-state index in [-0.39, 0.29) is 18.4 Å². The SMILES string of the molecule is O=C(C[C@H]1CCc2ccccc21)NCC(=O)N1CCCC1. The number of aryl methyl sites for hydroxylation is 1. The van der Waals surface area contributed by atoms with Gasteiger partial charge in [0.2, 0.25) is 11.8 Å². The first-order chi connectivity index (χ1) is 10.2. The van der Waals surface area contributed by atoms with Gasteiger partial charge in [-0.15, -0.1) is 0 Å². The summed E-state index contributed by atoms with van der Waals surface area (Å²) in [5.41, 5.74) is 2.67. The van der Waals surface area contributed by atoms with Gasteiger partial charge in [0.15, 0.2) is 0 Å². The summed E-state index contributed by atoms with van der Waals surface area (Å²) in [4.78, 5) is 25.8. The van der Waals surface area contributed by atoms with Crippen LogP contribution < -0.4 is 5.32 Å². The van der Waals surface area contributed by atoms with Crippen molar-refractivity contribution < 1.29 is 9.59 Å². The molecule has 0 bridgehead atoms. The van der Waals surface area contributed by atoms with E-state index < -0.39 is 0 Å². The number of amides is 2. The number of rotatable bonds is 4. The lowest BCUT2D eigenvalue weighted by Gasteiger charge is -2.16. The van der Waals surface area contributed by atoms with Crippen molar-refractivity contribution in [2.24, 2.45) is 0 Å². The molecule has 1 saturated heterocycles. The summed E-state index contributed by atoms with van der Waals surface area (Å²) in [7, 11) is 0. The molecule has 21 heavy (non-hydrogen) atoms. The maximum absolute atomic E-state index is 12.0. The van der Waals surface area contributed by atoms with Gasteiger partial charge in [-0.3, -0.25) is 9.59 Å². The van der Waals surface area contributed by atoms with Gasteiger partial charge in [-0.05, 0) is 42.7 Å². The van der Waals surface area contributed by atoms with E-state index in [4.69, 9.17) is 0 Å². The number of nitrogens with zero attached hydrogens (tertiary/aromatic N) is 1. The molecule has 0 aromatic heterocycles. The number of carbonyl (C=O) groups is 2. The van der Waals surface area contributed by atoms with Crippen LogP contribution >= 0.6 is 0 Å². The minimum Gasteiger partial charge on any atom is -0.347 e. The minimum absolute atomic E-state index is 0.00995. The van der Waals surface area contributed by atoms with Gasteiger partial charge in [0.1, 0.15) is 0 Å². The molecule has 1 aromatic carbocycles. The van der Waals surface area contributed by atoms with Crippen LogP contribution in [-0.2, 0) is 16.0 Å². The van der Waals surface area contributed by atoms with Crippen LogP contribution in [0.5, 0.6) is 0 Å². The van der Waals surface area contributed by atoms with Crippen LogP contribution in [0.3, 0.4) is 0 Å². The molecule has 0 unspecified atom stereocenters. The Morgan fingerprint density at radius 1 is 1.19 bits per heavy atom. The molecule has 0 spiro atoms. The molecule has 3 rings (SSSR count). The van der Waals surface area contributed by atoms with E-state index in [1.165, 1.54) is 11.1 Å². The zero-order valence-electron chi connectivity index (χ0n) is 12.3. The molecule has 1 aromatic rings. The number of likely N-dealkylation sites (tertiary alicyclic amines) is 1. The molecule has 4 nitrogen and oxygen atoms in total. The Kier molecular flexibility index (Phi) is 4.23. The number of nitrogens with one attached hydrogen (secondary N) is 1. The minimum atomic E-state index is -0.00995. The van der Waals surface area contributed by atoms with Crippen molar-refractivity contribution >= 4 is 11.8 Å². The molecule has 1 fully saturated rings. The van der Waals surface area contributed by atoms with E-state index in [1.54, 1.807) is 0 Å². The lowest BCUT2D eigenvalue weighted by molar-refractivity contribution is -0.132. The van der Waals surface area contributed by atoms with Crippen molar-refractivity contribution in [1.82, 2.24) is 10.2 Å². The highest BCUT2D eigenvalue weighted by atomic mass is 16.2. The zero-order chi connectivity index (χ0) is 14.7. The van der Waals surface area contributed by atoms with Crippen molar-refractivity contribution in [3.63, 3.8) is 0 Å². The molecule has 1 N–H and O–H groups in total. The third-order valence-electron chi connectivity index (χ3n) is 4.58. The van der Waals surface area contributed by atoms with Crippen LogP contribution in [0.4, 0.5) is 0 Å². The second-order valence-electron chi connectivity index (χ2n) is 6.00. The van der Waals surface area contributed by atoms with Crippen LogP contribution in [0.1, 0.15) is 42.7 Å². The highest BCUT2D eigenvalue weighted by molar-refractivity contribution is 5.85. The molecule has 112 valence electrons. The largest absolute Gasteiger partial charge is 0.347 e. The third kappa shape index (κ3) is 3.26. The average molecular weight is 286 g/mol. The molecule has 1 atom stereocenters. The van der Waals surface area contributed by atoms with Crippen LogP contribution in [0, 0.1) is 0 Å². The fourth-order valence-corrected chi connectivity index (χ4v) is 3.41. The Morgan fingerprint density at radius 3 is 2.76 bits per heavy atom. The Morgan fingerprint density at radius 2 is 1.95 bits per heavy atom. The molecule has 1 aliphatic carbocycles. The lowest BCUT2D eigenvalue weighted by Crippen LogP contribution is -2.38. The summed E-state index contributed by atoms with van der Waals surface area (Å²) >= 11 is 0. The van der Waals surface area contributed by atoms with Crippen molar-refractivity contribution in [3.05, 3.63) is 35.4 Å².